The van der Waals surface area contributed by atoms with E-state index in [1.165, 1.54) is 0 Å². The molecule has 0 aliphatic carbocycles. The number of ether oxygens (including phenoxy) is 1. The van der Waals surface area contributed by atoms with Crippen LogP contribution in [-0.2, 0) is 10.3 Å². The Hall–Kier alpha value is -0.940. The minimum atomic E-state index is -0.366. The minimum Gasteiger partial charge on any atom is -0.367 e. The summed E-state index contributed by atoms with van der Waals surface area (Å²) in [6.07, 6.45) is 2.91. The molecule has 0 radical (unpaired) electrons. The molecule has 90 valence electrons. The van der Waals surface area contributed by atoms with Gasteiger partial charge in [0.25, 0.3) is 0 Å². The number of aromatic nitrogens is 2. The molecule has 0 saturated carbocycles. The second-order valence-electron chi connectivity index (χ2n) is 4.48. The number of hydrogen-bond donors (Lipinski definition) is 1. The standard InChI is InChI=1S/C11H19N3O2/c1-3-8(7-12)9-13-10(14-16-9)11(2)5-4-6-15-11/h8H,3-7,12H2,1-2H3. The molecule has 2 unspecified atom stereocenters. The quantitative estimate of drug-likeness (QED) is 0.841. The van der Waals surface area contributed by atoms with Crippen LogP contribution in [0.25, 0.3) is 0 Å². The molecule has 0 amide bonds. The Morgan fingerprint density at radius 2 is 2.38 bits per heavy atom. The van der Waals surface area contributed by atoms with Crippen LogP contribution in [0.3, 0.4) is 0 Å². The molecule has 1 saturated heterocycles. The topological polar surface area (TPSA) is 74.2 Å². The van der Waals surface area contributed by atoms with E-state index in [0.717, 1.165) is 25.9 Å². The summed E-state index contributed by atoms with van der Waals surface area (Å²) in [5.74, 6) is 1.45. The average molecular weight is 225 g/mol. The van der Waals surface area contributed by atoms with Crippen molar-refractivity contribution >= 4 is 0 Å². The van der Waals surface area contributed by atoms with E-state index < -0.39 is 0 Å². The summed E-state index contributed by atoms with van der Waals surface area (Å²) in [4.78, 5) is 4.42. The SMILES string of the molecule is CCC(CN)c1nc(C2(C)CCCO2)no1. The third kappa shape index (κ3) is 1.97. The van der Waals surface area contributed by atoms with E-state index in [1.54, 1.807) is 0 Å². The molecule has 2 atom stereocenters. The monoisotopic (exact) mass is 225 g/mol. The Morgan fingerprint density at radius 3 is 2.94 bits per heavy atom. The fraction of sp³-hybridized carbons (Fsp3) is 0.818. The number of nitrogens with two attached hydrogens (primary N) is 1. The molecule has 2 rings (SSSR count). The van der Waals surface area contributed by atoms with Crippen molar-refractivity contribution in [3.05, 3.63) is 11.7 Å². The van der Waals surface area contributed by atoms with Crippen LogP contribution >= 0.6 is 0 Å². The maximum atomic E-state index is 5.67. The lowest BCUT2D eigenvalue weighted by Gasteiger charge is -2.17. The second-order valence-corrected chi connectivity index (χ2v) is 4.48. The molecule has 2 heterocycles. The third-order valence-electron chi connectivity index (χ3n) is 3.26. The molecule has 1 fully saturated rings. The van der Waals surface area contributed by atoms with Gasteiger partial charge in [-0.2, -0.15) is 4.98 Å². The van der Waals surface area contributed by atoms with Crippen molar-refractivity contribution in [3.8, 4) is 0 Å². The third-order valence-corrected chi connectivity index (χ3v) is 3.26. The number of hydrogen-bond acceptors (Lipinski definition) is 5. The largest absolute Gasteiger partial charge is 0.367 e. The highest BCUT2D eigenvalue weighted by atomic mass is 16.5. The smallest absolute Gasteiger partial charge is 0.231 e. The molecule has 0 spiro atoms. The molecule has 16 heavy (non-hydrogen) atoms. The zero-order valence-electron chi connectivity index (χ0n) is 9.90. The Bertz CT molecular complexity index is 341. The molecule has 5 nitrogen and oxygen atoms in total. The molecule has 1 aromatic heterocycles. The molecule has 1 aliphatic heterocycles. The molecule has 0 aromatic carbocycles. The van der Waals surface area contributed by atoms with Crippen molar-refractivity contribution in [3.63, 3.8) is 0 Å². The first-order valence-corrected chi connectivity index (χ1v) is 5.87. The average Bonchev–Trinajstić information content (AvgIpc) is 2.90. The minimum absolute atomic E-state index is 0.159. The highest BCUT2D eigenvalue weighted by Gasteiger charge is 2.37. The second kappa shape index (κ2) is 4.51. The Morgan fingerprint density at radius 1 is 1.56 bits per heavy atom. The molecular formula is C11H19N3O2. The van der Waals surface area contributed by atoms with Crippen molar-refractivity contribution in [2.24, 2.45) is 5.73 Å². The van der Waals surface area contributed by atoms with Gasteiger partial charge in [0.1, 0.15) is 5.60 Å². The summed E-state index contributed by atoms with van der Waals surface area (Å²) in [5.41, 5.74) is 5.29. The molecule has 0 bridgehead atoms. The van der Waals surface area contributed by atoms with Gasteiger partial charge >= 0.3 is 0 Å². The van der Waals surface area contributed by atoms with Crippen LogP contribution in [0.4, 0.5) is 0 Å². The van der Waals surface area contributed by atoms with Crippen LogP contribution in [0.1, 0.15) is 50.7 Å². The fourth-order valence-electron chi connectivity index (χ4n) is 2.01. The Balaban J connectivity index is 2.18. The molecule has 5 heteroatoms. The van der Waals surface area contributed by atoms with Gasteiger partial charge in [-0.1, -0.05) is 12.1 Å². The maximum Gasteiger partial charge on any atom is 0.231 e. The summed E-state index contributed by atoms with van der Waals surface area (Å²) >= 11 is 0. The van der Waals surface area contributed by atoms with E-state index in [4.69, 9.17) is 15.0 Å². The van der Waals surface area contributed by atoms with E-state index in [0.29, 0.717) is 18.3 Å². The first kappa shape index (κ1) is 11.5. The van der Waals surface area contributed by atoms with Crippen LogP contribution < -0.4 is 5.73 Å². The first-order valence-electron chi connectivity index (χ1n) is 5.87. The summed E-state index contributed by atoms with van der Waals surface area (Å²) < 4.78 is 10.9. The zero-order valence-corrected chi connectivity index (χ0v) is 9.90. The van der Waals surface area contributed by atoms with Gasteiger partial charge in [0.05, 0.1) is 5.92 Å². The maximum absolute atomic E-state index is 5.67. The molecule has 2 N–H and O–H groups in total. The van der Waals surface area contributed by atoms with Crippen molar-refractivity contribution in [2.75, 3.05) is 13.2 Å². The van der Waals surface area contributed by atoms with Gasteiger partial charge in [0, 0.05) is 13.2 Å². The van der Waals surface area contributed by atoms with Crippen LogP contribution in [0, 0.1) is 0 Å². The van der Waals surface area contributed by atoms with E-state index in [9.17, 15) is 0 Å². The lowest BCUT2D eigenvalue weighted by atomic mass is 10.0. The van der Waals surface area contributed by atoms with Crippen LogP contribution in [0.5, 0.6) is 0 Å². The predicted molar refractivity (Wildman–Crippen MR) is 58.9 cm³/mol. The van der Waals surface area contributed by atoms with Gasteiger partial charge in [-0.05, 0) is 26.2 Å². The Labute approximate surface area is 95.3 Å². The molecular weight excluding hydrogens is 206 g/mol. The lowest BCUT2D eigenvalue weighted by molar-refractivity contribution is 0.00768. The summed E-state index contributed by atoms with van der Waals surface area (Å²) in [5, 5.41) is 4.02. The molecule has 1 aliphatic rings. The van der Waals surface area contributed by atoms with Gasteiger partial charge in [-0.25, -0.2) is 0 Å². The fourth-order valence-corrected chi connectivity index (χ4v) is 2.01. The highest BCUT2D eigenvalue weighted by Crippen LogP contribution is 2.34. The summed E-state index contributed by atoms with van der Waals surface area (Å²) in [6.45, 7) is 5.39. The van der Waals surface area contributed by atoms with Crippen molar-refractivity contribution in [1.29, 1.82) is 0 Å². The van der Waals surface area contributed by atoms with Crippen LogP contribution in [0.15, 0.2) is 4.52 Å². The van der Waals surface area contributed by atoms with Gasteiger partial charge in [-0.3, -0.25) is 0 Å². The summed E-state index contributed by atoms with van der Waals surface area (Å²) in [7, 11) is 0. The lowest BCUT2D eigenvalue weighted by Crippen LogP contribution is -2.22. The van der Waals surface area contributed by atoms with Crippen molar-refractivity contribution in [1.82, 2.24) is 10.1 Å². The van der Waals surface area contributed by atoms with E-state index in [1.807, 2.05) is 6.92 Å². The van der Waals surface area contributed by atoms with Crippen LogP contribution in [-0.4, -0.2) is 23.3 Å². The van der Waals surface area contributed by atoms with E-state index >= 15 is 0 Å². The van der Waals surface area contributed by atoms with Crippen molar-refractivity contribution < 1.29 is 9.26 Å². The number of nitrogens with zero attached hydrogens (tertiary/aromatic N) is 2. The summed E-state index contributed by atoms with van der Waals surface area (Å²) in [6, 6.07) is 0. The van der Waals surface area contributed by atoms with Gasteiger partial charge in [0.2, 0.25) is 11.7 Å². The first-order chi connectivity index (χ1) is 7.69. The van der Waals surface area contributed by atoms with Gasteiger partial charge in [-0.15, -0.1) is 0 Å². The van der Waals surface area contributed by atoms with Crippen molar-refractivity contribution in [2.45, 2.75) is 44.6 Å². The number of rotatable bonds is 4. The highest BCUT2D eigenvalue weighted by molar-refractivity contribution is 5.03. The normalized spacial score (nSPS) is 27.2. The van der Waals surface area contributed by atoms with Crippen LogP contribution in [0.2, 0.25) is 0 Å². The van der Waals surface area contributed by atoms with E-state index in [2.05, 4.69) is 17.1 Å². The predicted octanol–water partition coefficient (Wildman–Crippen LogP) is 1.55. The van der Waals surface area contributed by atoms with Gasteiger partial charge < -0.3 is 15.0 Å². The molecule has 1 aromatic rings. The van der Waals surface area contributed by atoms with Gasteiger partial charge in [0.15, 0.2) is 0 Å². The van der Waals surface area contributed by atoms with E-state index in [-0.39, 0.29) is 11.5 Å². The zero-order chi connectivity index (χ0) is 11.6. The Kier molecular flexibility index (Phi) is 3.25.